The van der Waals surface area contributed by atoms with Crippen molar-refractivity contribution in [2.75, 3.05) is 20.1 Å². The molecular weight excluding hydrogens is 373 g/mol. The van der Waals surface area contributed by atoms with Crippen LogP contribution in [0.2, 0.25) is 0 Å². The minimum atomic E-state index is -4.50. The molecule has 0 radical (unpaired) electrons. The van der Waals surface area contributed by atoms with Gasteiger partial charge < -0.3 is 19.5 Å². The molecule has 0 saturated heterocycles. The number of carboxylic acid groups (broad SMARTS) is 1. The molecule has 0 unspecified atom stereocenters. The van der Waals surface area contributed by atoms with Gasteiger partial charge >= 0.3 is 25.0 Å². The molecule has 0 fully saturated rings. The van der Waals surface area contributed by atoms with Gasteiger partial charge in [-0.15, -0.1) is 0 Å². The molecule has 0 aliphatic carbocycles. The van der Waals surface area contributed by atoms with Crippen molar-refractivity contribution >= 4 is 5.97 Å². The molecule has 0 saturated carbocycles. The Hall–Kier alpha value is -2.01. The van der Waals surface area contributed by atoms with Gasteiger partial charge in [0, 0.05) is 19.5 Å². The van der Waals surface area contributed by atoms with Crippen molar-refractivity contribution in [1.82, 2.24) is 4.90 Å². The van der Waals surface area contributed by atoms with Crippen LogP contribution in [0, 0.1) is 5.82 Å². The minimum absolute atomic E-state index is 0. The molecule has 146 valence electrons. The summed E-state index contributed by atoms with van der Waals surface area (Å²) in [7, 11) is 1.57. The van der Waals surface area contributed by atoms with Gasteiger partial charge in [0.1, 0.15) is 17.7 Å². The second-order valence-electron chi connectivity index (χ2n) is 6.08. The number of halogens is 4. The average Bonchev–Trinajstić information content (AvgIpc) is 2.58. The van der Waals surface area contributed by atoms with E-state index in [1.165, 1.54) is 41.3 Å². The Morgan fingerprint density at radius 1 is 1.18 bits per heavy atom. The summed E-state index contributed by atoms with van der Waals surface area (Å²) >= 11 is 0. The zero-order valence-electron chi connectivity index (χ0n) is 15.5. The molecule has 2 aromatic rings. The zero-order chi connectivity index (χ0) is 20.0. The van der Waals surface area contributed by atoms with Crippen LogP contribution in [-0.2, 0) is 11.0 Å². The normalized spacial score (nSPS) is 12.4. The van der Waals surface area contributed by atoms with E-state index in [-0.39, 0.29) is 44.1 Å². The Kier molecular flexibility index (Phi) is 9.02. The summed E-state index contributed by atoms with van der Waals surface area (Å²) in [6, 6.07) is 9.87. The average molecular weight is 391 g/mol. The van der Waals surface area contributed by atoms with Crippen molar-refractivity contribution in [3.8, 4) is 5.75 Å². The van der Waals surface area contributed by atoms with Crippen molar-refractivity contribution in [2.45, 2.75) is 18.7 Å². The molecule has 28 heavy (non-hydrogen) atoms. The number of ether oxygens (including phenoxy) is 1. The van der Waals surface area contributed by atoms with Gasteiger partial charge in [0.15, 0.2) is 0 Å². The first kappa shape index (κ1) is 24.0. The van der Waals surface area contributed by atoms with Gasteiger partial charge in [0.2, 0.25) is 0 Å². The largest absolute Gasteiger partial charge is 1.00 e. The number of likely N-dealkylation sites (N-methyl/N-ethyl adjacent to an activating group) is 1. The Bertz CT molecular complexity index is 769. The van der Waals surface area contributed by atoms with E-state index >= 15 is 0 Å². The summed E-state index contributed by atoms with van der Waals surface area (Å²) in [5.74, 6) is -1.68. The van der Waals surface area contributed by atoms with Gasteiger partial charge in [-0.05, 0) is 42.9 Å². The van der Waals surface area contributed by atoms with Crippen LogP contribution in [0.3, 0.4) is 0 Å². The fraction of sp³-hybridized carbons (Fsp3) is 0.316. The second kappa shape index (κ2) is 10.5. The zero-order valence-corrected chi connectivity index (χ0v) is 15.5. The van der Waals surface area contributed by atoms with E-state index < -0.39 is 29.6 Å². The third-order valence-corrected chi connectivity index (χ3v) is 3.85. The smallest absolute Gasteiger partial charge is 0.549 e. The van der Waals surface area contributed by atoms with Gasteiger partial charge in [-0.25, -0.2) is 4.39 Å². The molecule has 1 atom stereocenters. The molecule has 4 nitrogen and oxygen atoms in total. The van der Waals surface area contributed by atoms with Crippen molar-refractivity contribution < 1.29 is 51.1 Å². The number of benzene rings is 2. The molecule has 0 aromatic heterocycles. The molecule has 0 amide bonds. The number of carboxylic acids is 1. The maximum absolute atomic E-state index is 13.2. The standard InChI is InChI=1S/C19H19F4NO3.Li/c1-24(12-18(25)26)10-9-17(13-5-7-15(20)8-6-13)27-16-4-2-3-14(11-16)19(21,22)23;/h2-8,11,17H,9-10,12H2,1H3,(H,25,26);/q;+1/p-1/t17-;/m0./s1. The number of rotatable bonds is 8. The van der Waals surface area contributed by atoms with Crippen LogP contribution >= 0.6 is 0 Å². The molecule has 0 bridgehead atoms. The quantitative estimate of drug-likeness (QED) is 0.471. The predicted octanol–water partition coefficient (Wildman–Crippen LogP) is 0.0404. The molecule has 9 heteroatoms. The van der Waals surface area contributed by atoms with E-state index in [0.717, 1.165) is 12.1 Å². The van der Waals surface area contributed by atoms with Crippen molar-refractivity contribution in [3.05, 3.63) is 65.5 Å². The SMILES string of the molecule is CN(CC[C@H](Oc1cccc(C(F)(F)F)c1)c1ccc(F)cc1)CC(=O)[O-].[Li+]. The maximum Gasteiger partial charge on any atom is 1.00 e. The summed E-state index contributed by atoms with van der Waals surface area (Å²) in [6.07, 6.45) is -4.90. The van der Waals surface area contributed by atoms with Crippen LogP contribution in [0.1, 0.15) is 23.7 Å². The second-order valence-corrected chi connectivity index (χ2v) is 6.08. The Labute approximate surface area is 172 Å². The molecule has 0 aliphatic heterocycles. The number of alkyl halides is 3. The summed E-state index contributed by atoms with van der Waals surface area (Å²) in [5.41, 5.74) is -0.275. The first-order chi connectivity index (χ1) is 12.6. The molecule has 0 spiro atoms. The third-order valence-electron chi connectivity index (χ3n) is 3.85. The van der Waals surface area contributed by atoms with Gasteiger partial charge in [0.25, 0.3) is 0 Å². The monoisotopic (exact) mass is 391 g/mol. The number of carbonyl (C=O) groups is 1. The van der Waals surface area contributed by atoms with Crippen LogP contribution in [-0.4, -0.2) is 31.0 Å². The van der Waals surface area contributed by atoms with Crippen LogP contribution < -0.4 is 28.7 Å². The van der Waals surface area contributed by atoms with Crippen LogP contribution in [0.5, 0.6) is 5.75 Å². The first-order valence-electron chi connectivity index (χ1n) is 8.13. The summed E-state index contributed by atoms with van der Waals surface area (Å²) < 4.78 is 57.5. The number of carbonyl (C=O) groups excluding carboxylic acids is 1. The van der Waals surface area contributed by atoms with Gasteiger partial charge in [-0.1, -0.05) is 18.2 Å². The third kappa shape index (κ3) is 7.55. The van der Waals surface area contributed by atoms with E-state index in [1.807, 2.05) is 0 Å². The van der Waals surface area contributed by atoms with E-state index in [0.29, 0.717) is 5.56 Å². The van der Waals surface area contributed by atoms with Crippen molar-refractivity contribution in [2.24, 2.45) is 0 Å². The van der Waals surface area contributed by atoms with Crippen molar-refractivity contribution in [3.63, 3.8) is 0 Å². The number of aliphatic carboxylic acids is 1. The number of hydrogen-bond acceptors (Lipinski definition) is 4. The number of hydrogen-bond donors (Lipinski definition) is 0. The molecule has 0 N–H and O–H groups in total. The molecule has 2 rings (SSSR count). The Morgan fingerprint density at radius 2 is 1.82 bits per heavy atom. The molecule has 2 aromatic carbocycles. The Morgan fingerprint density at radius 3 is 2.39 bits per heavy atom. The molecule has 0 aliphatic rings. The topological polar surface area (TPSA) is 52.6 Å². The van der Waals surface area contributed by atoms with Gasteiger partial charge in [-0.3, -0.25) is 0 Å². The molecular formula is C19H18F4LiNO3. The molecule has 0 heterocycles. The predicted molar refractivity (Wildman–Crippen MR) is 88.3 cm³/mol. The van der Waals surface area contributed by atoms with Crippen LogP contribution in [0.4, 0.5) is 17.6 Å². The summed E-state index contributed by atoms with van der Waals surface area (Å²) in [5, 5.41) is 10.7. The van der Waals surface area contributed by atoms with E-state index in [1.54, 1.807) is 7.05 Å². The minimum Gasteiger partial charge on any atom is -0.549 e. The fourth-order valence-corrected chi connectivity index (χ4v) is 2.52. The maximum atomic E-state index is 13.2. The van der Waals surface area contributed by atoms with Crippen molar-refractivity contribution in [1.29, 1.82) is 0 Å². The van der Waals surface area contributed by atoms with E-state index in [4.69, 9.17) is 4.74 Å². The van der Waals surface area contributed by atoms with Crippen LogP contribution in [0.25, 0.3) is 0 Å². The van der Waals surface area contributed by atoms with E-state index in [2.05, 4.69) is 0 Å². The van der Waals surface area contributed by atoms with E-state index in [9.17, 15) is 27.5 Å². The Balaban J connectivity index is 0.00000392. The first-order valence-corrected chi connectivity index (χ1v) is 8.13. The van der Waals surface area contributed by atoms with Crippen LogP contribution in [0.15, 0.2) is 48.5 Å². The van der Waals surface area contributed by atoms with Gasteiger partial charge in [0.05, 0.1) is 11.5 Å². The summed E-state index contributed by atoms with van der Waals surface area (Å²) in [4.78, 5) is 12.1. The van der Waals surface area contributed by atoms with Gasteiger partial charge in [-0.2, -0.15) is 13.2 Å². The summed E-state index contributed by atoms with van der Waals surface area (Å²) in [6.45, 7) is -0.00528. The fourth-order valence-electron chi connectivity index (χ4n) is 2.52. The number of nitrogens with zero attached hydrogens (tertiary/aromatic N) is 1.